The number of hydrogen-bond acceptors (Lipinski definition) is 4. The average Bonchev–Trinajstić information content (AvgIpc) is 3.17. The number of nitrogens with one attached hydrogen (secondary N) is 1. The van der Waals surface area contributed by atoms with Gasteiger partial charge in [0, 0.05) is 22.0 Å². The lowest BCUT2D eigenvalue weighted by molar-refractivity contribution is -0.111. The van der Waals surface area contributed by atoms with Crippen molar-refractivity contribution in [1.29, 1.82) is 0 Å². The molecule has 0 unspecified atom stereocenters. The van der Waals surface area contributed by atoms with E-state index >= 15 is 0 Å². The SMILES string of the molecule is Cc1nc(/C=C/C(=O)Nc2ccnn2Cc2ccc(Br)cc2)cs1. The maximum Gasteiger partial charge on any atom is 0.249 e. The first-order valence-corrected chi connectivity index (χ1v) is 8.95. The van der Waals surface area contributed by atoms with Crippen molar-refractivity contribution in [2.45, 2.75) is 13.5 Å². The number of benzene rings is 1. The van der Waals surface area contributed by atoms with Crippen molar-refractivity contribution in [3.8, 4) is 0 Å². The molecule has 0 saturated carbocycles. The van der Waals surface area contributed by atoms with E-state index in [2.05, 4.69) is 31.3 Å². The standard InChI is InChI=1S/C17H15BrN4OS/c1-12-20-15(11-24-12)6-7-17(23)21-16-8-9-19-22(16)10-13-2-4-14(18)5-3-13/h2-9,11H,10H2,1H3,(H,21,23)/b7-6+. The van der Waals surface area contributed by atoms with Gasteiger partial charge in [0.05, 0.1) is 23.4 Å². The maximum atomic E-state index is 12.1. The predicted molar refractivity (Wildman–Crippen MR) is 100.0 cm³/mol. The van der Waals surface area contributed by atoms with E-state index in [-0.39, 0.29) is 5.91 Å². The fourth-order valence-electron chi connectivity index (χ4n) is 2.11. The highest BCUT2D eigenvalue weighted by Gasteiger charge is 2.06. The maximum absolute atomic E-state index is 12.1. The number of carbonyl (C=O) groups is 1. The number of rotatable bonds is 5. The van der Waals surface area contributed by atoms with Crippen LogP contribution >= 0.6 is 27.3 Å². The van der Waals surface area contributed by atoms with Crippen LogP contribution in [0, 0.1) is 6.92 Å². The number of aryl methyl sites for hydroxylation is 1. The summed E-state index contributed by atoms with van der Waals surface area (Å²) in [6.07, 6.45) is 4.85. The van der Waals surface area contributed by atoms with Crippen molar-refractivity contribution >= 4 is 45.1 Å². The molecule has 0 bridgehead atoms. The number of thiazole rings is 1. The van der Waals surface area contributed by atoms with Gasteiger partial charge in [0.25, 0.3) is 0 Å². The highest BCUT2D eigenvalue weighted by atomic mass is 79.9. The number of nitrogens with zero attached hydrogens (tertiary/aromatic N) is 3. The van der Waals surface area contributed by atoms with Crippen LogP contribution in [0.4, 0.5) is 5.82 Å². The molecule has 2 aromatic heterocycles. The largest absolute Gasteiger partial charge is 0.307 e. The van der Waals surface area contributed by atoms with E-state index in [1.807, 2.05) is 36.6 Å². The molecule has 0 spiro atoms. The summed E-state index contributed by atoms with van der Waals surface area (Å²) in [6, 6.07) is 9.77. The smallest absolute Gasteiger partial charge is 0.249 e. The zero-order valence-electron chi connectivity index (χ0n) is 12.9. The van der Waals surface area contributed by atoms with E-state index in [4.69, 9.17) is 0 Å². The Morgan fingerprint density at radius 1 is 1.33 bits per heavy atom. The number of amides is 1. The van der Waals surface area contributed by atoms with Crippen molar-refractivity contribution in [2.24, 2.45) is 0 Å². The molecule has 3 rings (SSSR count). The van der Waals surface area contributed by atoms with Crippen LogP contribution in [0.25, 0.3) is 6.08 Å². The van der Waals surface area contributed by atoms with Gasteiger partial charge in [-0.25, -0.2) is 9.67 Å². The highest BCUT2D eigenvalue weighted by Crippen LogP contribution is 2.14. The van der Waals surface area contributed by atoms with Gasteiger partial charge in [0.1, 0.15) is 5.82 Å². The minimum atomic E-state index is -0.210. The Labute approximate surface area is 152 Å². The van der Waals surface area contributed by atoms with Gasteiger partial charge in [0.15, 0.2) is 0 Å². The Morgan fingerprint density at radius 3 is 2.83 bits per heavy atom. The number of hydrogen-bond donors (Lipinski definition) is 1. The van der Waals surface area contributed by atoms with Crippen molar-refractivity contribution in [1.82, 2.24) is 14.8 Å². The van der Waals surface area contributed by atoms with Gasteiger partial charge < -0.3 is 5.32 Å². The van der Waals surface area contributed by atoms with Crippen LogP contribution in [0.15, 0.2) is 52.5 Å². The lowest BCUT2D eigenvalue weighted by Gasteiger charge is -2.08. The fourth-order valence-corrected chi connectivity index (χ4v) is 2.96. The summed E-state index contributed by atoms with van der Waals surface area (Å²) < 4.78 is 2.78. The monoisotopic (exact) mass is 402 g/mol. The molecule has 0 fully saturated rings. The van der Waals surface area contributed by atoms with Gasteiger partial charge in [-0.2, -0.15) is 5.10 Å². The summed E-state index contributed by atoms with van der Waals surface area (Å²) >= 11 is 4.97. The Morgan fingerprint density at radius 2 is 2.12 bits per heavy atom. The average molecular weight is 403 g/mol. The third-order valence-electron chi connectivity index (χ3n) is 3.26. The molecule has 5 nitrogen and oxygen atoms in total. The summed E-state index contributed by atoms with van der Waals surface area (Å²) in [5.74, 6) is 0.445. The molecule has 0 atom stereocenters. The van der Waals surface area contributed by atoms with Crippen LogP contribution in [0.5, 0.6) is 0 Å². The second kappa shape index (κ2) is 7.55. The molecule has 0 aliphatic rings. The molecule has 0 aliphatic carbocycles. The van der Waals surface area contributed by atoms with Crippen LogP contribution < -0.4 is 5.32 Å². The number of aromatic nitrogens is 3. The lowest BCUT2D eigenvalue weighted by Crippen LogP contribution is -2.13. The van der Waals surface area contributed by atoms with Crippen molar-refractivity contribution in [3.05, 3.63) is 68.7 Å². The van der Waals surface area contributed by atoms with E-state index in [1.54, 1.807) is 34.4 Å². The van der Waals surface area contributed by atoms with Crippen molar-refractivity contribution in [2.75, 3.05) is 5.32 Å². The second-order valence-corrected chi connectivity index (χ2v) is 7.09. The minimum absolute atomic E-state index is 0.210. The van der Waals surface area contributed by atoms with Crippen LogP contribution in [0.2, 0.25) is 0 Å². The quantitative estimate of drug-likeness (QED) is 0.653. The summed E-state index contributed by atoms with van der Waals surface area (Å²) in [4.78, 5) is 16.4. The van der Waals surface area contributed by atoms with Gasteiger partial charge in [-0.1, -0.05) is 28.1 Å². The molecular formula is C17H15BrN4OS. The normalized spacial score (nSPS) is 11.1. The molecule has 122 valence electrons. The zero-order chi connectivity index (χ0) is 16.9. The lowest BCUT2D eigenvalue weighted by atomic mass is 10.2. The van der Waals surface area contributed by atoms with Gasteiger partial charge in [-0.05, 0) is 30.7 Å². The molecule has 24 heavy (non-hydrogen) atoms. The molecular weight excluding hydrogens is 388 g/mol. The molecule has 3 aromatic rings. The van der Waals surface area contributed by atoms with Crippen LogP contribution in [-0.4, -0.2) is 20.7 Å². The molecule has 0 radical (unpaired) electrons. The van der Waals surface area contributed by atoms with Gasteiger partial charge in [0.2, 0.25) is 5.91 Å². The topological polar surface area (TPSA) is 59.8 Å². The first-order valence-electron chi connectivity index (χ1n) is 7.27. The van der Waals surface area contributed by atoms with Crippen LogP contribution in [0.1, 0.15) is 16.3 Å². The zero-order valence-corrected chi connectivity index (χ0v) is 15.3. The van der Waals surface area contributed by atoms with E-state index in [0.717, 1.165) is 20.7 Å². The molecule has 1 N–H and O–H groups in total. The molecule has 1 amide bonds. The summed E-state index contributed by atoms with van der Waals surface area (Å²) in [7, 11) is 0. The third-order valence-corrected chi connectivity index (χ3v) is 4.58. The predicted octanol–water partition coefficient (Wildman–Crippen LogP) is 4.11. The van der Waals surface area contributed by atoms with Crippen molar-refractivity contribution < 1.29 is 4.79 Å². The second-order valence-electron chi connectivity index (χ2n) is 5.11. The Balaban J connectivity index is 1.65. The summed E-state index contributed by atoms with van der Waals surface area (Å²) in [5.41, 5.74) is 1.89. The minimum Gasteiger partial charge on any atom is -0.307 e. The fraction of sp³-hybridized carbons (Fsp3) is 0.118. The van der Waals surface area contributed by atoms with E-state index < -0.39 is 0 Å². The van der Waals surface area contributed by atoms with Gasteiger partial charge >= 0.3 is 0 Å². The van der Waals surface area contributed by atoms with E-state index in [1.165, 1.54) is 6.08 Å². The number of anilines is 1. The molecule has 7 heteroatoms. The number of carbonyl (C=O) groups excluding carboxylic acids is 1. The van der Waals surface area contributed by atoms with Crippen molar-refractivity contribution in [3.63, 3.8) is 0 Å². The molecule has 0 aliphatic heterocycles. The van der Waals surface area contributed by atoms with Gasteiger partial charge in [-0.15, -0.1) is 11.3 Å². The van der Waals surface area contributed by atoms with Crippen LogP contribution in [0.3, 0.4) is 0 Å². The first-order chi connectivity index (χ1) is 11.6. The Kier molecular flexibility index (Phi) is 5.22. The summed E-state index contributed by atoms with van der Waals surface area (Å²) in [5, 5.41) is 9.99. The molecule has 2 heterocycles. The summed E-state index contributed by atoms with van der Waals surface area (Å²) in [6.45, 7) is 2.52. The highest BCUT2D eigenvalue weighted by molar-refractivity contribution is 9.10. The van der Waals surface area contributed by atoms with E-state index in [0.29, 0.717) is 12.4 Å². The van der Waals surface area contributed by atoms with Gasteiger partial charge in [-0.3, -0.25) is 4.79 Å². The third kappa shape index (κ3) is 4.39. The molecule has 1 aromatic carbocycles. The molecule has 0 saturated heterocycles. The first kappa shape index (κ1) is 16.6. The van der Waals surface area contributed by atoms with Crippen LogP contribution in [-0.2, 0) is 11.3 Å². The number of halogens is 1. The Hall–Kier alpha value is -2.25. The van der Waals surface area contributed by atoms with E-state index in [9.17, 15) is 4.79 Å². The Bertz CT molecular complexity index is 867.